The van der Waals surface area contributed by atoms with Crippen molar-refractivity contribution in [3.8, 4) is 6.07 Å². The standard InChI is InChI=1S/C18H17F2NSi/c1-22(2,16-6-4-3-5-7-16)13-17(18(19)20)15-10-8-14(12-21)9-11-15/h3-11H,13H2,1-2H3. The van der Waals surface area contributed by atoms with Gasteiger partial charge in [-0.2, -0.15) is 14.0 Å². The summed E-state index contributed by atoms with van der Waals surface area (Å²) in [7, 11) is -2.01. The van der Waals surface area contributed by atoms with Gasteiger partial charge in [-0.15, -0.1) is 0 Å². The van der Waals surface area contributed by atoms with Gasteiger partial charge in [-0.05, 0) is 23.7 Å². The zero-order chi connectivity index (χ0) is 16.2. The molecule has 1 nitrogen and oxygen atoms in total. The van der Waals surface area contributed by atoms with E-state index >= 15 is 0 Å². The molecule has 0 saturated carbocycles. The van der Waals surface area contributed by atoms with Crippen molar-refractivity contribution in [1.29, 1.82) is 5.26 Å². The molecule has 2 aromatic carbocycles. The number of nitrogens with zero attached hydrogens (tertiary/aromatic N) is 1. The SMILES string of the molecule is C[Si](C)(CC(=C(F)F)c1ccc(C#N)cc1)c1ccccc1. The Morgan fingerprint density at radius 2 is 1.59 bits per heavy atom. The van der Waals surface area contributed by atoms with E-state index in [0.29, 0.717) is 17.2 Å². The van der Waals surface area contributed by atoms with E-state index in [1.165, 1.54) is 0 Å². The molecule has 0 radical (unpaired) electrons. The molecule has 0 bridgehead atoms. The molecule has 0 heterocycles. The summed E-state index contributed by atoms with van der Waals surface area (Å²) in [5, 5.41) is 9.96. The first-order valence-electron chi connectivity index (χ1n) is 7.04. The third kappa shape index (κ3) is 3.69. The van der Waals surface area contributed by atoms with Crippen LogP contribution in [0, 0.1) is 11.3 Å². The molecule has 2 rings (SSSR count). The van der Waals surface area contributed by atoms with Crippen molar-refractivity contribution in [2.45, 2.75) is 19.1 Å². The van der Waals surface area contributed by atoms with Gasteiger partial charge in [0.1, 0.15) is 0 Å². The van der Waals surface area contributed by atoms with E-state index in [0.717, 1.165) is 5.19 Å². The Labute approximate surface area is 130 Å². The Kier molecular flexibility index (Phi) is 4.89. The molecule has 0 atom stereocenters. The summed E-state index contributed by atoms with van der Waals surface area (Å²) < 4.78 is 26.9. The summed E-state index contributed by atoms with van der Waals surface area (Å²) >= 11 is 0. The van der Waals surface area contributed by atoms with Crippen molar-refractivity contribution < 1.29 is 8.78 Å². The third-order valence-electron chi connectivity index (χ3n) is 3.76. The van der Waals surface area contributed by atoms with Crippen LogP contribution in [0.15, 0.2) is 60.7 Å². The first-order valence-corrected chi connectivity index (χ1v) is 10.2. The number of allylic oxidation sites excluding steroid dienone is 1. The van der Waals surface area contributed by atoms with Crippen LogP contribution in [0.3, 0.4) is 0 Å². The molecule has 112 valence electrons. The first-order chi connectivity index (χ1) is 10.4. The van der Waals surface area contributed by atoms with E-state index in [1.807, 2.05) is 36.4 Å². The van der Waals surface area contributed by atoms with Gasteiger partial charge >= 0.3 is 0 Å². The van der Waals surface area contributed by atoms with Crippen molar-refractivity contribution in [2.75, 3.05) is 0 Å². The molecule has 0 aliphatic heterocycles. The van der Waals surface area contributed by atoms with Gasteiger partial charge in [0.2, 0.25) is 0 Å². The molecular formula is C18H17F2NSi. The predicted molar refractivity (Wildman–Crippen MR) is 88.7 cm³/mol. The van der Waals surface area contributed by atoms with E-state index in [9.17, 15) is 8.78 Å². The number of hydrogen-bond acceptors (Lipinski definition) is 1. The Balaban J connectivity index is 2.34. The molecule has 0 aliphatic carbocycles. The number of benzene rings is 2. The minimum absolute atomic E-state index is 0.0880. The number of rotatable bonds is 4. The lowest BCUT2D eigenvalue weighted by Crippen LogP contribution is -2.41. The van der Waals surface area contributed by atoms with Gasteiger partial charge in [0.25, 0.3) is 6.08 Å². The second kappa shape index (κ2) is 6.67. The number of hydrogen-bond donors (Lipinski definition) is 0. The smallest absolute Gasteiger partial charge is 0.192 e. The van der Waals surface area contributed by atoms with Gasteiger partial charge in [-0.3, -0.25) is 0 Å². The van der Waals surface area contributed by atoms with Crippen molar-refractivity contribution >= 4 is 18.8 Å². The first kappa shape index (κ1) is 16.1. The van der Waals surface area contributed by atoms with Crippen LogP contribution in [0.4, 0.5) is 8.78 Å². The lowest BCUT2D eigenvalue weighted by molar-refractivity contribution is 0.425. The molecule has 0 unspecified atom stereocenters. The molecule has 0 N–H and O–H groups in total. The fourth-order valence-electron chi connectivity index (χ4n) is 2.46. The van der Waals surface area contributed by atoms with Crippen LogP contribution in [0.1, 0.15) is 11.1 Å². The highest BCUT2D eigenvalue weighted by Crippen LogP contribution is 2.30. The maximum absolute atomic E-state index is 13.5. The molecule has 4 heteroatoms. The van der Waals surface area contributed by atoms with E-state index in [1.54, 1.807) is 24.3 Å². The second-order valence-electron chi connectivity index (χ2n) is 5.85. The zero-order valence-electron chi connectivity index (χ0n) is 12.6. The van der Waals surface area contributed by atoms with Crippen LogP contribution >= 0.6 is 0 Å². The summed E-state index contributed by atoms with van der Waals surface area (Å²) in [5.41, 5.74) is 1.06. The molecule has 0 aliphatic rings. The van der Waals surface area contributed by atoms with Crippen LogP contribution in [0.5, 0.6) is 0 Å². The fraction of sp³-hybridized carbons (Fsp3) is 0.167. The Bertz CT molecular complexity index is 709. The quantitative estimate of drug-likeness (QED) is 0.745. The predicted octanol–water partition coefficient (Wildman–Crippen LogP) is 4.78. The van der Waals surface area contributed by atoms with Crippen molar-refractivity contribution in [1.82, 2.24) is 0 Å². The summed E-state index contributed by atoms with van der Waals surface area (Å²) in [5.74, 6) is 0. The average molecular weight is 313 g/mol. The van der Waals surface area contributed by atoms with E-state index in [-0.39, 0.29) is 5.57 Å². The van der Waals surface area contributed by atoms with E-state index in [4.69, 9.17) is 5.26 Å². The van der Waals surface area contributed by atoms with E-state index in [2.05, 4.69) is 13.1 Å². The van der Waals surface area contributed by atoms with Gasteiger partial charge in [0.15, 0.2) is 0 Å². The largest absolute Gasteiger partial charge is 0.273 e. The van der Waals surface area contributed by atoms with Crippen LogP contribution in [0.2, 0.25) is 19.1 Å². The highest BCUT2D eigenvalue weighted by molar-refractivity contribution is 6.91. The van der Waals surface area contributed by atoms with Crippen LogP contribution in [-0.2, 0) is 0 Å². The normalized spacial score (nSPS) is 10.9. The highest BCUT2D eigenvalue weighted by atomic mass is 28.3. The minimum atomic E-state index is -2.01. The average Bonchev–Trinajstić information content (AvgIpc) is 2.53. The lowest BCUT2D eigenvalue weighted by atomic mass is 10.1. The summed E-state index contributed by atoms with van der Waals surface area (Å²) in [6.45, 7) is 4.18. The lowest BCUT2D eigenvalue weighted by Gasteiger charge is -2.24. The molecule has 0 saturated heterocycles. The fourth-order valence-corrected chi connectivity index (χ4v) is 4.98. The molecule has 0 amide bonds. The van der Waals surface area contributed by atoms with Crippen LogP contribution in [0.25, 0.3) is 5.57 Å². The summed E-state index contributed by atoms with van der Waals surface area (Å²) in [6.07, 6.45) is -1.64. The molecular weight excluding hydrogens is 296 g/mol. The van der Waals surface area contributed by atoms with Gasteiger partial charge in [0, 0.05) is 5.57 Å². The number of halogens is 2. The summed E-state index contributed by atoms with van der Waals surface area (Å²) in [4.78, 5) is 0. The van der Waals surface area contributed by atoms with Crippen LogP contribution < -0.4 is 5.19 Å². The molecule has 0 aromatic heterocycles. The van der Waals surface area contributed by atoms with Gasteiger partial charge in [-0.1, -0.05) is 60.7 Å². The highest BCUT2D eigenvalue weighted by Gasteiger charge is 2.27. The Morgan fingerprint density at radius 3 is 2.09 bits per heavy atom. The van der Waals surface area contributed by atoms with Crippen molar-refractivity contribution in [3.63, 3.8) is 0 Å². The minimum Gasteiger partial charge on any atom is -0.192 e. The third-order valence-corrected chi connectivity index (χ3v) is 6.90. The van der Waals surface area contributed by atoms with Gasteiger partial charge < -0.3 is 0 Å². The molecule has 22 heavy (non-hydrogen) atoms. The van der Waals surface area contributed by atoms with Gasteiger partial charge in [-0.25, -0.2) is 0 Å². The molecule has 0 spiro atoms. The summed E-state index contributed by atoms with van der Waals surface area (Å²) in [6, 6.07) is 18.6. The Hall–Kier alpha value is -2.25. The van der Waals surface area contributed by atoms with Crippen molar-refractivity contribution in [3.05, 3.63) is 71.8 Å². The maximum atomic E-state index is 13.5. The van der Waals surface area contributed by atoms with Gasteiger partial charge in [0.05, 0.1) is 19.7 Å². The van der Waals surface area contributed by atoms with E-state index < -0.39 is 14.2 Å². The van der Waals surface area contributed by atoms with Crippen LogP contribution in [-0.4, -0.2) is 8.07 Å². The maximum Gasteiger partial charge on any atom is 0.273 e. The molecule has 2 aromatic rings. The monoisotopic (exact) mass is 313 g/mol. The number of nitriles is 1. The Morgan fingerprint density at radius 1 is 1.00 bits per heavy atom. The topological polar surface area (TPSA) is 23.8 Å². The van der Waals surface area contributed by atoms with Crippen molar-refractivity contribution in [2.24, 2.45) is 0 Å². The second-order valence-corrected chi connectivity index (χ2v) is 10.6. The zero-order valence-corrected chi connectivity index (χ0v) is 13.6. The molecule has 0 fully saturated rings.